The predicted octanol–water partition coefficient (Wildman–Crippen LogP) is 3.01. The molecule has 0 spiro atoms. The molecule has 1 rings (SSSR count). The number of halogens is 2. The van der Waals surface area contributed by atoms with Crippen molar-refractivity contribution in [3.63, 3.8) is 0 Å². The third-order valence-corrected chi connectivity index (χ3v) is 3.79. The molecule has 1 aromatic heterocycles. The molecule has 0 unspecified atom stereocenters. The highest BCUT2D eigenvalue weighted by atomic mass is 35.5. The van der Waals surface area contributed by atoms with Gasteiger partial charge in [-0.25, -0.2) is 4.98 Å². The highest BCUT2D eigenvalue weighted by Gasteiger charge is 2.17. The molecule has 0 aliphatic heterocycles. The average Bonchev–Trinajstić information content (AvgIpc) is 2.39. The smallest absolute Gasteiger partial charge is 0.315 e. The molecule has 1 heterocycles. The molecular weight excluding hydrogens is 323 g/mol. The van der Waals surface area contributed by atoms with Crippen LogP contribution in [0, 0.1) is 0 Å². The van der Waals surface area contributed by atoms with Crippen LogP contribution < -0.4 is 5.32 Å². The number of anilines is 1. The average molecular weight is 337 g/mol. The lowest BCUT2D eigenvalue weighted by atomic mass is 10.4. The van der Waals surface area contributed by atoms with Gasteiger partial charge in [-0.1, -0.05) is 23.2 Å². The Hall–Kier alpha value is -0.980. The number of hydrogen-bond donors (Lipinski definition) is 1. The second-order valence-corrected chi connectivity index (χ2v) is 5.90. The Morgan fingerprint density at radius 3 is 2.80 bits per heavy atom. The molecule has 8 heteroatoms. The van der Waals surface area contributed by atoms with Crippen LogP contribution in [0.1, 0.15) is 13.8 Å². The molecule has 0 radical (unpaired) electrons. The predicted molar refractivity (Wildman–Crippen MR) is 81.4 cm³/mol. The van der Waals surface area contributed by atoms with Gasteiger partial charge in [0.2, 0.25) is 5.91 Å². The van der Waals surface area contributed by atoms with E-state index < -0.39 is 5.25 Å². The number of thioether (sulfide) groups is 1. The minimum absolute atomic E-state index is 0.115. The first-order valence-electron chi connectivity index (χ1n) is 5.83. The number of esters is 1. The van der Waals surface area contributed by atoms with Crippen molar-refractivity contribution in [1.82, 2.24) is 4.98 Å². The topological polar surface area (TPSA) is 68.3 Å². The molecule has 5 nitrogen and oxygen atoms in total. The Labute approximate surface area is 131 Å². The fourth-order valence-electron chi connectivity index (χ4n) is 1.20. The van der Waals surface area contributed by atoms with Crippen molar-refractivity contribution in [2.24, 2.45) is 0 Å². The normalized spacial score (nSPS) is 11.8. The molecule has 1 atom stereocenters. The number of amides is 1. The van der Waals surface area contributed by atoms with E-state index in [0.29, 0.717) is 11.6 Å². The van der Waals surface area contributed by atoms with E-state index in [4.69, 9.17) is 27.9 Å². The fourth-order valence-corrected chi connectivity index (χ4v) is 2.30. The summed E-state index contributed by atoms with van der Waals surface area (Å²) in [7, 11) is 0. The molecule has 1 aromatic rings. The molecule has 0 bridgehead atoms. The highest BCUT2D eigenvalue weighted by molar-refractivity contribution is 8.01. The van der Waals surface area contributed by atoms with Crippen molar-refractivity contribution >= 4 is 52.7 Å². The van der Waals surface area contributed by atoms with Crippen LogP contribution >= 0.6 is 35.0 Å². The zero-order valence-electron chi connectivity index (χ0n) is 11.0. The van der Waals surface area contributed by atoms with E-state index in [2.05, 4.69) is 10.3 Å². The van der Waals surface area contributed by atoms with Gasteiger partial charge in [0.1, 0.15) is 0 Å². The molecule has 0 fully saturated rings. The zero-order chi connectivity index (χ0) is 15.1. The van der Waals surface area contributed by atoms with Gasteiger partial charge in [0, 0.05) is 6.20 Å². The summed E-state index contributed by atoms with van der Waals surface area (Å²) < 4.78 is 4.78. The van der Waals surface area contributed by atoms with Gasteiger partial charge in [-0.15, -0.1) is 11.8 Å². The van der Waals surface area contributed by atoms with Crippen LogP contribution in [-0.2, 0) is 14.3 Å². The van der Waals surface area contributed by atoms with Crippen molar-refractivity contribution in [2.75, 3.05) is 17.7 Å². The molecule has 1 amide bonds. The van der Waals surface area contributed by atoms with E-state index in [9.17, 15) is 9.59 Å². The maximum Gasteiger partial charge on any atom is 0.315 e. The van der Waals surface area contributed by atoms with Gasteiger partial charge < -0.3 is 10.1 Å². The second-order valence-electron chi connectivity index (χ2n) is 3.73. The van der Waals surface area contributed by atoms with Crippen LogP contribution in [0.15, 0.2) is 12.3 Å². The maximum atomic E-state index is 11.9. The maximum absolute atomic E-state index is 11.9. The van der Waals surface area contributed by atoms with E-state index >= 15 is 0 Å². The summed E-state index contributed by atoms with van der Waals surface area (Å²) in [4.78, 5) is 27.0. The third-order valence-electron chi connectivity index (χ3n) is 2.18. The highest BCUT2D eigenvalue weighted by Crippen LogP contribution is 2.23. The summed E-state index contributed by atoms with van der Waals surface area (Å²) in [6.07, 6.45) is 1.39. The van der Waals surface area contributed by atoms with Crippen LogP contribution in [-0.4, -0.2) is 34.5 Å². The van der Waals surface area contributed by atoms with Crippen LogP contribution in [0.25, 0.3) is 0 Å². The zero-order valence-corrected chi connectivity index (χ0v) is 13.3. The Morgan fingerprint density at radius 2 is 2.20 bits per heavy atom. The summed E-state index contributed by atoms with van der Waals surface area (Å²) >= 11 is 12.8. The monoisotopic (exact) mass is 336 g/mol. The Kier molecular flexibility index (Phi) is 7.12. The van der Waals surface area contributed by atoms with E-state index in [0.717, 1.165) is 0 Å². The van der Waals surface area contributed by atoms with E-state index in [1.807, 2.05) is 0 Å². The van der Waals surface area contributed by atoms with E-state index in [1.54, 1.807) is 13.8 Å². The van der Waals surface area contributed by atoms with Crippen molar-refractivity contribution in [3.8, 4) is 0 Å². The van der Waals surface area contributed by atoms with Gasteiger partial charge >= 0.3 is 5.97 Å². The lowest BCUT2D eigenvalue weighted by Crippen LogP contribution is -2.24. The molecule has 0 aliphatic carbocycles. The van der Waals surface area contributed by atoms with Crippen LogP contribution in [0.5, 0.6) is 0 Å². The quantitative estimate of drug-likeness (QED) is 0.808. The van der Waals surface area contributed by atoms with Gasteiger partial charge in [0.15, 0.2) is 5.82 Å². The number of pyridine rings is 1. The number of nitrogens with one attached hydrogen (secondary N) is 1. The standard InChI is InChI=1S/C12H14Cl2N2O3S/c1-3-19-10(17)6-20-7(2)12(18)16-11-9(14)4-8(13)5-15-11/h4-5,7H,3,6H2,1-2H3,(H,15,16,18)/t7-/m0/s1. The van der Waals surface area contributed by atoms with E-state index in [-0.39, 0.29) is 28.5 Å². The van der Waals surface area contributed by atoms with Crippen molar-refractivity contribution in [3.05, 3.63) is 22.3 Å². The molecule has 1 N–H and O–H groups in total. The molecule has 0 saturated heterocycles. The SMILES string of the molecule is CCOC(=O)CS[C@@H](C)C(=O)Nc1ncc(Cl)cc1Cl. The minimum Gasteiger partial charge on any atom is -0.465 e. The number of aromatic nitrogens is 1. The second kappa shape index (κ2) is 8.34. The molecular formula is C12H14Cl2N2O3S. The largest absolute Gasteiger partial charge is 0.465 e. The van der Waals surface area contributed by atoms with Gasteiger partial charge in [0.25, 0.3) is 0 Å². The number of carbonyl (C=O) groups is 2. The van der Waals surface area contributed by atoms with Crippen molar-refractivity contribution < 1.29 is 14.3 Å². The number of hydrogen-bond acceptors (Lipinski definition) is 5. The third kappa shape index (κ3) is 5.56. The fraction of sp³-hybridized carbons (Fsp3) is 0.417. The van der Waals surface area contributed by atoms with Gasteiger partial charge in [-0.3, -0.25) is 9.59 Å². The Morgan fingerprint density at radius 1 is 1.50 bits per heavy atom. The number of nitrogens with zero attached hydrogens (tertiary/aromatic N) is 1. The van der Waals surface area contributed by atoms with Gasteiger partial charge in [0.05, 0.1) is 27.7 Å². The van der Waals surface area contributed by atoms with Crippen molar-refractivity contribution in [2.45, 2.75) is 19.1 Å². The first kappa shape index (κ1) is 17.1. The van der Waals surface area contributed by atoms with Crippen LogP contribution in [0.3, 0.4) is 0 Å². The Bertz CT molecular complexity index is 500. The number of rotatable bonds is 6. The molecule has 20 heavy (non-hydrogen) atoms. The van der Waals surface area contributed by atoms with Crippen LogP contribution in [0.2, 0.25) is 10.0 Å². The molecule has 0 aromatic carbocycles. The minimum atomic E-state index is -0.437. The molecule has 0 aliphatic rings. The number of carbonyl (C=O) groups excluding carboxylic acids is 2. The summed E-state index contributed by atoms with van der Waals surface area (Å²) in [5.41, 5.74) is 0. The lowest BCUT2D eigenvalue weighted by Gasteiger charge is -2.12. The summed E-state index contributed by atoms with van der Waals surface area (Å²) in [6, 6.07) is 1.49. The van der Waals surface area contributed by atoms with Crippen LogP contribution in [0.4, 0.5) is 5.82 Å². The first-order chi connectivity index (χ1) is 9.43. The lowest BCUT2D eigenvalue weighted by molar-refractivity contribution is -0.139. The first-order valence-corrected chi connectivity index (χ1v) is 7.63. The summed E-state index contributed by atoms with van der Waals surface area (Å²) in [6.45, 7) is 3.74. The number of ether oxygens (including phenoxy) is 1. The Balaban J connectivity index is 2.51. The molecule has 110 valence electrons. The molecule has 0 saturated carbocycles. The van der Waals surface area contributed by atoms with E-state index in [1.165, 1.54) is 24.0 Å². The van der Waals surface area contributed by atoms with Gasteiger partial charge in [-0.2, -0.15) is 0 Å². The summed E-state index contributed by atoms with van der Waals surface area (Å²) in [5, 5.41) is 2.79. The van der Waals surface area contributed by atoms with Gasteiger partial charge in [-0.05, 0) is 19.9 Å². The van der Waals surface area contributed by atoms with Crippen molar-refractivity contribution in [1.29, 1.82) is 0 Å². The summed E-state index contributed by atoms with van der Waals surface area (Å²) in [5.74, 6) is -0.287.